The van der Waals surface area contributed by atoms with Crippen molar-refractivity contribution in [2.75, 3.05) is 0 Å². The molecule has 21 heavy (non-hydrogen) atoms. The topological polar surface area (TPSA) is 35.2 Å². The molecule has 0 aliphatic heterocycles. The van der Waals surface area contributed by atoms with E-state index in [0.717, 1.165) is 18.4 Å². The van der Waals surface area contributed by atoms with Gasteiger partial charge in [-0.1, -0.05) is 47.8 Å². The Morgan fingerprint density at radius 2 is 1.76 bits per heavy atom. The predicted octanol–water partition coefficient (Wildman–Crippen LogP) is 5.72. The van der Waals surface area contributed by atoms with Crippen LogP contribution >= 0.6 is 34.8 Å². The Morgan fingerprint density at radius 3 is 2.43 bits per heavy atom. The molecule has 1 unspecified atom stereocenters. The van der Waals surface area contributed by atoms with Gasteiger partial charge in [-0.15, -0.1) is 0 Å². The van der Waals surface area contributed by atoms with Crippen LogP contribution in [0.5, 0.6) is 11.5 Å². The predicted molar refractivity (Wildman–Crippen MR) is 90.0 cm³/mol. The van der Waals surface area contributed by atoms with E-state index in [9.17, 15) is 0 Å². The van der Waals surface area contributed by atoms with Crippen LogP contribution < -0.4 is 10.5 Å². The minimum absolute atomic E-state index is 0.134. The maximum Gasteiger partial charge on any atom is 0.147 e. The molecule has 2 rings (SSSR count). The van der Waals surface area contributed by atoms with Crippen LogP contribution in [0, 0.1) is 0 Å². The summed E-state index contributed by atoms with van der Waals surface area (Å²) in [6, 6.07) is 10.8. The SMILES string of the molecule is CCC(N)Cc1ccc(Oc2cc(Cl)ccc2Cl)c(Cl)c1. The Bertz CT molecular complexity index is 631. The number of nitrogens with two attached hydrogens (primary N) is 1. The highest BCUT2D eigenvalue weighted by molar-refractivity contribution is 6.34. The number of halogens is 3. The summed E-state index contributed by atoms with van der Waals surface area (Å²) in [5.74, 6) is 1.01. The highest BCUT2D eigenvalue weighted by atomic mass is 35.5. The number of benzene rings is 2. The van der Waals surface area contributed by atoms with Crippen molar-refractivity contribution in [1.29, 1.82) is 0 Å². The summed E-state index contributed by atoms with van der Waals surface area (Å²) in [6.07, 6.45) is 1.71. The molecule has 5 heteroatoms. The molecule has 0 radical (unpaired) electrons. The summed E-state index contributed by atoms with van der Waals surface area (Å²) in [5.41, 5.74) is 7.03. The lowest BCUT2D eigenvalue weighted by Gasteiger charge is -2.12. The lowest BCUT2D eigenvalue weighted by atomic mass is 10.0. The van der Waals surface area contributed by atoms with Crippen LogP contribution in [0.25, 0.3) is 0 Å². The van der Waals surface area contributed by atoms with E-state index < -0.39 is 0 Å². The summed E-state index contributed by atoms with van der Waals surface area (Å²) in [4.78, 5) is 0. The smallest absolute Gasteiger partial charge is 0.147 e. The Morgan fingerprint density at radius 1 is 1.00 bits per heavy atom. The van der Waals surface area contributed by atoms with Crippen LogP contribution in [0.3, 0.4) is 0 Å². The van der Waals surface area contributed by atoms with Crippen molar-refractivity contribution >= 4 is 34.8 Å². The minimum Gasteiger partial charge on any atom is -0.454 e. The first-order chi connectivity index (χ1) is 9.99. The van der Waals surface area contributed by atoms with Gasteiger partial charge in [-0.25, -0.2) is 0 Å². The summed E-state index contributed by atoms with van der Waals surface area (Å²) in [6.45, 7) is 2.06. The second-order valence-electron chi connectivity index (χ2n) is 4.81. The second-order valence-corrected chi connectivity index (χ2v) is 6.06. The first-order valence-electron chi connectivity index (χ1n) is 6.66. The fourth-order valence-electron chi connectivity index (χ4n) is 1.88. The molecule has 1 atom stereocenters. The molecule has 0 aromatic heterocycles. The Kier molecular flexibility index (Phi) is 5.77. The zero-order valence-corrected chi connectivity index (χ0v) is 13.8. The van der Waals surface area contributed by atoms with Gasteiger partial charge in [-0.2, -0.15) is 0 Å². The molecule has 0 fully saturated rings. The van der Waals surface area contributed by atoms with Crippen LogP contribution in [0.15, 0.2) is 36.4 Å². The van der Waals surface area contributed by atoms with Crippen molar-refractivity contribution in [3.63, 3.8) is 0 Å². The second kappa shape index (κ2) is 7.37. The number of hydrogen-bond donors (Lipinski definition) is 1. The van der Waals surface area contributed by atoms with Crippen LogP contribution in [-0.4, -0.2) is 6.04 Å². The molecular formula is C16H16Cl3NO. The van der Waals surface area contributed by atoms with Crippen molar-refractivity contribution in [2.45, 2.75) is 25.8 Å². The average molecular weight is 345 g/mol. The first kappa shape index (κ1) is 16.4. The molecule has 0 amide bonds. The third-order valence-electron chi connectivity index (χ3n) is 3.13. The molecule has 2 nitrogen and oxygen atoms in total. The van der Waals surface area contributed by atoms with Crippen LogP contribution in [0.1, 0.15) is 18.9 Å². The maximum absolute atomic E-state index is 6.26. The van der Waals surface area contributed by atoms with Gasteiger partial charge < -0.3 is 10.5 Å². The van der Waals surface area contributed by atoms with Gasteiger partial charge in [0.1, 0.15) is 11.5 Å². The first-order valence-corrected chi connectivity index (χ1v) is 7.80. The van der Waals surface area contributed by atoms with E-state index in [0.29, 0.717) is 26.6 Å². The molecule has 0 spiro atoms. The van der Waals surface area contributed by atoms with Crippen molar-refractivity contribution < 1.29 is 4.74 Å². The molecule has 0 bridgehead atoms. The molecule has 0 saturated carbocycles. The Labute approximate surface area is 139 Å². The largest absolute Gasteiger partial charge is 0.454 e. The highest BCUT2D eigenvalue weighted by Crippen LogP contribution is 2.35. The van der Waals surface area contributed by atoms with E-state index in [1.807, 2.05) is 18.2 Å². The normalized spacial score (nSPS) is 12.2. The van der Waals surface area contributed by atoms with Gasteiger partial charge in [-0.05, 0) is 42.7 Å². The van der Waals surface area contributed by atoms with E-state index in [4.69, 9.17) is 45.3 Å². The Hall–Kier alpha value is -0.930. The summed E-state index contributed by atoms with van der Waals surface area (Å²) < 4.78 is 5.73. The zero-order chi connectivity index (χ0) is 15.4. The molecule has 0 aliphatic carbocycles. The van der Waals surface area contributed by atoms with Crippen LogP contribution in [0.2, 0.25) is 15.1 Å². The fraction of sp³-hybridized carbons (Fsp3) is 0.250. The van der Waals surface area contributed by atoms with Gasteiger partial charge in [0, 0.05) is 17.1 Å². The van der Waals surface area contributed by atoms with Gasteiger partial charge in [0.25, 0.3) is 0 Å². The quantitative estimate of drug-likeness (QED) is 0.753. The monoisotopic (exact) mass is 343 g/mol. The van der Waals surface area contributed by atoms with Crippen LogP contribution in [-0.2, 0) is 6.42 Å². The molecule has 0 heterocycles. The van der Waals surface area contributed by atoms with E-state index >= 15 is 0 Å². The number of hydrogen-bond acceptors (Lipinski definition) is 2. The zero-order valence-electron chi connectivity index (χ0n) is 11.6. The standard InChI is InChI=1S/C16H16Cl3NO/c1-2-12(20)7-10-3-6-15(14(19)8-10)21-16-9-11(17)4-5-13(16)18/h3-6,8-9,12H,2,7,20H2,1H3. The van der Waals surface area contributed by atoms with E-state index in [1.165, 1.54) is 0 Å². The third kappa shape index (κ3) is 4.52. The Balaban J connectivity index is 2.19. The van der Waals surface area contributed by atoms with E-state index in [-0.39, 0.29) is 6.04 Å². The minimum atomic E-state index is 0.134. The van der Waals surface area contributed by atoms with Gasteiger partial charge in [0.05, 0.1) is 10.0 Å². The lowest BCUT2D eigenvalue weighted by Crippen LogP contribution is -2.21. The lowest BCUT2D eigenvalue weighted by molar-refractivity contribution is 0.483. The van der Waals surface area contributed by atoms with Gasteiger partial charge >= 0.3 is 0 Å². The van der Waals surface area contributed by atoms with Gasteiger partial charge in [0.2, 0.25) is 0 Å². The fourth-order valence-corrected chi connectivity index (χ4v) is 2.43. The van der Waals surface area contributed by atoms with E-state index in [2.05, 4.69) is 6.92 Å². The van der Waals surface area contributed by atoms with Crippen molar-refractivity contribution in [3.05, 3.63) is 57.0 Å². The molecule has 2 N–H and O–H groups in total. The summed E-state index contributed by atoms with van der Waals surface area (Å²) in [5, 5.41) is 1.55. The third-order valence-corrected chi connectivity index (χ3v) is 3.97. The molecule has 0 saturated heterocycles. The van der Waals surface area contributed by atoms with Crippen molar-refractivity contribution in [3.8, 4) is 11.5 Å². The van der Waals surface area contributed by atoms with Crippen molar-refractivity contribution in [1.82, 2.24) is 0 Å². The van der Waals surface area contributed by atoms with Crippen LogP contribution in [0.4, 0.5) is 0 Å². The number of rotatable bonds is 5. The molecule has 2 aromatic carbocycles. The van der Waals surface area contributed by atoms with Gasteiger partial charge in [-0.3, -0.25) is 0 Å². The molecule has 112 valence electrons. The molecular weight excluding hydrogens is 329 g/mol. The highest BCUT2D eigenvalue weighted by Gasteiger charge is 2.09. The molecule has 0 aliphatic rings. The van der Waals surface area contributed by atoms with Gasteiger partial charge in [0.15, 0.2) is 0 Å². The maximum atomic E-state index is 6.26. The molecule has 2 aromatic rings. The average Bonchev–Trinajstić information content (AvgIpc) is 2.45. The van der Waals surface area contributed by atoms with Crippen molar-refractivity contribution in [2.24, 2.45) is 5.73 Å². The summed E-state index contributed by atoms with van der Waals surface area (Å²) in [7, 11) is 0. The van der Waals surface area contributed by atoms with E-state index in [1.54, 1.807) is 18.2 Å². The summed E-state index contributed by atoms with van der Waals surface area (Å²) >= 11 is 18.3. The number of ether oxygens (including phenoxy) is 1.